The minimum Gasteiger partial charge on any atom is -0.359 e. The van der Waals surface area contributed by atoms with Gasteiger partial charge in [0.05, 0.1) is 19.0 Å². The quantitative estimate of drug-likeness (QED) is 0.718. The van der Waals surface area contributed by atoms with E-state index >= 15 is 0 Å². The van der Waals surface area contributed by atoms with Crippen molar-refractivity contribution in [2.75, 3.05) is 13.1 Å². The van der Waals surface area contributed by atoms with E-state index < -0.39 is 0 Å². The smallest absolute Gasteiger partial charge is 0.273 e. The summed E-state index contributed by atoms with van der Waals surface area (Å²) in [7, 11) is 0. The number of hydrogen-bond acceptors (Lipinski definition) is 5. The first kappa shape index (κ1) is 18.2. The van der Waals surface area contributed by atoms with Gasteiger partial charge in [-0.1, -0.05) is 25.9 Å². The highest BCUT2D eigenvalue weighted by Crippen LogP contribution is 2.09. The lowest BCUT2D eigenvalue weighted by molar-refractivity contribution is 0.0927. The molecule has 0 saturated heterocycles. The van der Waals surface area contributed by atoms with Gasteiger partial charge >= 0.3 is 0 Å². The fraction of sp³-hybridized carbons (Fsp3) is 0.688. The summed E-state index contributed by atoms with van der Waals surface area (Å²) in [6, 6.07) is 3.61. The van der Waals surface area contributed by atoms with E-state index in [-0.39, 0.29) is 17.6 Å². The molecule has 0 radical (unpaired) electrons. The average molecular weight is 306 g/mol. The van der Waals surface area contributed by atoms with Crippen LogP contribution in [0.15, 0.2) is 10.6 Å². The summed E-state index contributed by atoms with van der Waals surface area (Å²) in [5.74, 6) is 0.412. The Morgan fingerprint density at radius 2 is 2.09 bits per heavy atom. The summed E-state index contributed by atoms with van der Waals surface area (Å²) >= 11 is 0. The molecule has 1 atom stereocenters. The van der Waals surface area contributed by atoms with Crippen LogP contribution >= 0.6 is 0 Å². The van der Waals surface area contributed by atoms with Crippen molar-refractivity contribution in [1.29, 1.82) is 5.26 Å². The van der Waals surface area contributed by atoms with Gasteiger partial charge in [0.2, 0.25) is 0 Å². The van der Waals surface area contributed by atoms with Crippen molar-refractivity contribution in [3.8, 4) is 6.07 Å². The first-order valence-electron chi connectivity index (χ1n) is 8.00. The molecule has 122 valence electrons. The second kappa shape index (κ2) is 9.96. The second-order valence-corrected chi connectivity index (χ2v) is 5.40. The molecule has 0 aliphatic rings. The minimum absolute atomic E-state index is 0.144. The minimum atomic E-state index is -0.283. The third kappa shape index (κ3) is 5.86. The van der Waals surface area contributed by atoms with Gasteiger partial charge in [-0.15, -0.1) is 0 Å². The number of hydrogen-bond donors (Lipinski definition) is 1. The van der Waals surface area contributed by atoms with Crippen LogP contribution in [0.5, 0.6) is 0 Å². The van der Waals surface area contributed by atoms with Crippen LogP contribution in [0.2, 0.25) is 0 Å². The van der Waals surface area contributed by atoms with E-state index in [2.05, 4.69) is 35.3 Å². The van der Waals surface area contributed by atoms with E-state index in [1.165, 1.54) is 0 Å². The van der Waals surface area contributed by atoms with Gasteiger partial charge in [0, 0.05) is 12.1 Å². The number of nitriles is 1. The highest BCUT2D eigenvalue weighted by atomic mass is 16.5. The molecule has 0 saturated carbocycles. The Hall–Kier alpha value is -1.87. The van der Waals surface area contributed by atoms with E-state index in [9.17, 15) is 4.79 Å². The Morgan fingerprint density at radius 1 is 1.41 bits per heavy atom. The number of nitrogens with zero attached hydrogens (tertiary/aromatic N) is 3. The molecule has 1 amide bonds. The zero-order valence-corrected chi connectivity index (χ0v) is 13.8. The van der Waals surface area contributed by atoms with Gasteiger partial charge in [-0.3, -0.25) is 9.69 Å². The normalized spacial score (nSPS) is 12.1. The molecule has 1 rings (SSSR count). The zero-order chi connectivity index (χ0) is 16.4. The lowest BCUT2D eigenvalue weighted by atomic mass is 10.1. The van der Waals surface area contributed by atoms with Gasteiger partial charge in [-0.2, -0.15) is 5.26 Å². The van der Waals surface area contributed by atoms with E-state index in [0.29, 0.717) is 25.1 Å². The molecule has 1 heterocycles. The number of aromatic nitrogens is 1. The fourth-order valence-corrected chi connectivity index (χ4v) is 2.28. The van der Waals surface area contributed by atoms with E-state index in [1.807, 2.05) is 6.92 Å². The summed E-state index contributed by atoms with van der Waals surface area (Å²) < 4.78 is 5.27. The predicted octanol–water partition coefficient (Wildman–Crippen LogP) is 2.72. The van der Waals surface area contributed by atoms with Crippen LogP contribution in [0.1, 0.15) is 62.7 Å². The molecule has 0 aromatic carbocycles. The Balaban J connectivity index is 2.62. The maximum absolute atomic E-state index is 12.1. The summed E-state index contributed by atoms with van der Waals surface area (Å²) in [6.45, 7) is 8.87. The van der Waals surface area contributed by atoms with Crippen molar-refractivity contribution in [2.24, 2.45) is 0 Å². The monoisotopic (exact) mass is 306 g/mol. The van der Waals surface area contributed by atoms with E-state index in [4.69, 9.17) is 9.78 Å². The standard InChI is InChI=1S/C16H26N4O2/c1-4-9-20(10-5-2)12-14-11-15(19-22-14)16(21)18-13(6-3)7-8-17/h11,13H,4-7,9-10,12H2,1-3H3,(H,18,21)/t13-/m1/s1. The highest BCUT2D eigenvalue weighted by molar-refractivity contribution is 5.92. The second-order valence-electron chi connectivity index (χ2n) is 5.40. The summed E-state index contributed by atoms with van der Waals surface area (Å²) in [5.41, 5.74) is 0.277. The van der Waals surface area contributed by atoms with Gasteiger partial charge in [0.1, 0.15) is 0 Å². The SMILES string of the molecule is CCCN(CCC)Cc1cc(C(=O)N[C@H](CC)CC#N)no1. The van der Waals surface area contributed by atoms with Crippen LogP contribution in [0, 0.1) is 11.3 Å². The van der Waals surface area contributed by atoms with Gasteiger partial charge < -0.3 is 9.84 Å². The van der Waals surface area contributed by atoms with Crippen LogP contribution in [-0.4, -0.2) is 35.1 Å². The molecular weight excluding hydrogens is 280 g/mol. The molecule has 6 nitrogen and oxygen atoms in total. The Morgan fingerprint density at radius 3 is 2.64 bits per heavy atom. The van der Waals surface area contributed by atoms with Crippen molar-refractivity contribution < 1.29 is 9.32 Å². The lowest BCUT2D eigenvalue weighted by Crippen LogP contribution is -2.34. The molecule has 0 bridgehead atoms. The summed E-state index contributed by atoms with van der Waals surface area (Å²) in [6.07, 6.45) is 3.17. The van der Waals surface area contributed by atoms with Crippen molar-refractivity contribution in [3.05, 3.63) is 17.5 Å². The van der Waals surface area contributed by atoms with Crippen LogP contribution in [0.25, 0.3) is 0 Å². The van der Waals surface area contributed by atoms with Crippen LogP contribution in [0.4, 0.5) is 0 Å². The van der Waals surface area contributed by atoms with Crippen molar-refractivity contribution in [1.82, 2.24) is 15.4 Å². The maximum Gasteiger partial charge on any atom is 0.273 e. The van der Waals surface area contributed by atoms with E-state index in [1.54, 1.807) is 6.07 Å². The number of carbonyl (C=O) groups excluding carboxylic acids is 1. The Kier molecular flexibility index (Phi) is 8.23. The lowest BCUT2D eigenvalue weighted by Gasteiger charge is -2.18. The molecule has 1 aromatic heterocycles. The number of carbonyl (C=O) groups is 1. The summed E-state index contributed by atoms with van der Waals surface area (Å²) in [4.78, 5) is 14.4. The number of amides is 1. The third-order valence-electron chi connectivity index (χ3n) is 3.42. The molecule has 0 aliphatic heterocycles. The molecule has 6 heteroatoms. The zero-order valence-electron chi connectivity index (χ0n) is 13.8. The molecule has 0 aliphatic carbocycles. The van der Waals surface area contributed by atoms with Crippen LogP contribution in [-0.2, 0) is 6.54 Å². The van der Waals surface area contributed by atoms with Gasteiger partial charge in [-0.25, -0.2) is 0 Å². The Bertz CT molecular complexity index is 487. The van der Waals surface area contributed by atoms with Gasteiger partial charge in [0.15, 0.2) is 11.5 Å². The van der Waals surface area contributed by atoms with Gasteiger partial charge in [0.25, 0.3) is 5.91 Å². The maximum atomic E-state index is 12.1. The summed E-state index contributed by atoms with van der Waals surface area (Å²) in [5, 5.41) is 15.4. The highest BCUT2D eigenvalue weighted by Gasteiger charge is 2.17. The average Bonchev–Trinajstić information content (AvgIpc) is 2.96. The van der Waals surface area contributed by atoms with Crippen LogP contribution in [0.3, 0.4) is 0 Å². The number of rotatable bonds is 10. The number of nitrogens with one attached hydrogen (secondary N) is 1. The molecule has 0 spiro atoms. The van der Waals surface area contributed by atoms with Crippen molar-refractivity contribution >= 4 is 5.91 Å². The topological polar surface area (TPSA) is 82.2 Å². The first-order valence-corrected chi connectivity index (χ1v) is 8.00. The molecular formula is C16H26N4O2. The largest absolute Gasteiger partial charge is 0.359 e. The predicted molar refractivity (Wildman–Crippen MR) is 84.1 cm³/mol. The third-order valence-corrected chi connectivity index (χ3v) is 3.42. The molecule has 0 unspecified atom stereocenters. The van der Waals surface area contributed by atoms with Crippen molar-refractivity contribution in [3.63, 3.8) is 0 Å². The fourth-order valence-electron chi connectivity index (χ4n) is 2.28. The Labute approximate surface area is 132 Å². The van der Waals surface area contributed by atoms with Crippen LogP contribution < -0.4 is 5.32 Å². The molecule has 1 aromatic rings. The first-order chi connectivity index (χ1) is 10.6. The molecule has 22 heavy (non-hydrogen) atoms. The molecule has 1 N–H and O–H groups in total. The van der Waals surface area contributed by atoms with Crippen molar-refractivity contribution in [2.45, 2.75) is 59.0 Å². The van der Waals surface area contributed by atoms with E-state index in [0.717, 1.165) is 25.9 Å². The van der Waals surface area contributed by atoms with Gasteiger partial charge in [-0.05, 0) is 32.4 Å². The molecule has 0 fully saturated rings.